The lowest BCUT2D eigenvalue weighted by molar-refractivity contribution is -0.114. The van der Waals surface area contributed by atoms with Crippen molar-refractivity contribution in [1.82, 2.24) is 5.43 Å². The van der Waals surface area contributed by atoms with Gasteiger partial charge in [0.1, 0.15) is 5.75 Å². The van der Waals surface area contributed by atoms with E-state index in [2.05, 4.69) is 20.8 Å². The first-order valence-corrected chi connectivity index (χ1v) is 9.13. The highest BCUT2D eigenvalue weighted by molar-refractivity contribution is 8.14. The molecule has 2 aromatic carbocycles. The third-order valence-corrected chi connectivity index (χ3v) is 4.65. The summed E-state index contributed by atoms with van der Waals surface area (Å²) >= 11 is 1.62. The number of benzene rings is 2. The number of hydrazone groups is 1. The quantitative estimate of drug-likeness (QED) is 0.849. The van der Waals surface area contributed by atoms with Crippen LogP contribution >= 0.6 is 11.8 Å². The van der Waals surface area contributed by atoms with E-state index in [1.165, 1.54) is 6.92 Å². The third-order valence-electron chi connectivity index (χ3n) is 3.73. The highest BCUT2D eigenvalue weighted by atomic mass is 32.2. The van der Waals surface area contributed by atoms with Crippen LogP contribution in [0.15, 0.2) is 58.6 Å². The van der Waals surface area contributed by atoms with Crippen LogP contribution in [-0.4, -0.2) is 29.6 Å². The molecule has 3 rings (SSSR count). The molecule has 2 N–H and O–H groups in total. The zero-order valence-electron chi connectivity index (χ0n) is 14.7. The lowest BCUT2D eigenvalue weighted by Crippen LogP contribution is -2.25. The number of anilines is 1. The topological polar surface area (TPSA) is 75.1 Å². The molecular weight excluding hydrogens is 348 g/mol. The molecule has 0 saturated carbocycles. The van der Waals surface area contributed by atoms with Crippen molar-refractivity contribution in [2.45, 2.75) is 13.5 Å². The molecule has 0 radical (unpaired) electrons. The van der Waals surface area contributed by atoms with Gasteiger partial charge in [0.25, 0.3) is 0 Å². The predicted octanol–water partition coefficient (Wildman–Crippen LogP) is 3.25. The Kier molecular flexibility index (Phi) is 5.91. The zero-order valence-corrected chi connectivity index (χ0v) is 15.5. The number of nitrogens with zero attached hydrogens (tertiary/aromatic N) is 2. The summed E-state index contributed by atoms with van der Waals surface area (Å²) in [4.78, 5) is 15.6. The summed E-state index contributed by atoms with van der Waals surface area (Å²) in [6.07, 6.45) is 0. The van der Waals surface area contributed by atoms with Gasteiger partial charge in [-0.15, -0.1) is 0 Å². The van der Waals surface area contributed by atoms with Gasteiger partial charge in [-0.1, -0.05) is 36.0 Å². The van der Waals surface area contributed by atoms with Gasteiger partial charge in [0.05, 0.1) is 19.4 Å². The van der Waals surface area contributed by atoms with Crippen molar-refractivity contribution in [2.24, 2.45) is 10.1 Å². The molecule has 1 aliphatic rings. The van der Waals surface area contributed by atoms with Crippen molar-refractivity contribution in [1.29, 1.82) is 0 Å². The van der Waals surface area contributed by atoms with Crippen molar-refractivity contribution in [3.63, 3.8) is 0 Å². The van der Waals surface area contributed by atoms with Crippen LogP contribution in [0, 0.1) is 0 Å². The minimum absolute atomic E-state index is 0.0808. The molecule has 0 fully saturated rings. The molecule has 0 spiro atoms. The Balaban J connectivity index is 1.59. The number of hydrogen-bond donors (Lipinski definition) is 2. The average molecular weight is 368 g/mol. The summed E-state index contributed by atoms with van der Waals surface area (Å²) in [5, 5.41) is 7.98. The summed E-state index contributed by atoms with van der Waals surface area (Å²) in [7, 11) is 1.65. The second-order valence-electron chi connectivity index (χ2n) is 5.69. The number of carbonyl (C=O) groups is 1. The van der Waals surface area contributed by atoms with E-state index in [9.17, 15) is 4.79 Å². The van der Waals surface area contributed by atoms with E-state index in [1.807, 2.05) is 48.5 Å². The second kappa shape index (κ2) is 8.53. The van der Waals surface area contributed by atoms with Crippen LogP contribution in [0.3, 0.4) is 0 Å². The maximum Gasteiger partial charge on any atom is 0.221 e. The van der Waals surface area contributed by atoms with Gasteiger partial charge in [-0.2, -0.15) is 5.10 Å². The molecule has 2 aromatic rings. The van der Waals surface area contributed by atoms with Gasteiger partial charge in [-0.3, -0.25) is 15.2 Å². The smallest absolute Gasteiger partial charge is 0.221 e. The number of aliphatic imine (C=N–C) groups is 1. The largest absolute Gasteiger partial charge is 0.497 e. The summed E-state index contributed by atoms with van der Waals surface area (Å²) in [5.74, 6) is 1.50. The van der Waals surface area contributed by atoms with Crippen LogP contribution in [-0.2, 0) is 11.3 Å². The Bertz CT molecular complexity index is 830. The van der Waals surface area contributed by atoms with Gasteiger partial charge in [-0.25, -0.2) is 0 Å². The molecule has 7 heteroatoms. The summed E-state index contributed by atoms with van der Waals surface area (Å²) < 4.78 is 5.15. The third kappa shape index (κ3) is 4.86. The minimum Gasteiger partial charge on any atom is -0.497 e. The molecule has 26 heavy (non-hydrogen) atoms. The Hall–Kier alpha value is -2.80. The predicted molar refractivity (Wildman–Crippen MR) is 107 cm³/mol. The standard InChI is InChI=1S/C19H20N4O2S/c1-13(24)21-16-7-5-15(6-8-16)18-12-26-19(23-22-18)20-11-14-3-9-17(25-2)10-4-14/h3-10H,11-12H2,1-2H3,(H,20,23)(H,21,24). The second-order valence-corrected chi connectivity index (χ2v) is 6.65. The number of methoxy groups -OCH3 is 1. The first-order chi connectivity index (χ1) is 12.6. The van der Waals surface area contributed by atoms with Crippen LogP contribution < -0.4 is 15.5 Å². The first kappa shape index (κ1) is 18.0. The molecular formula is C19H20N4O2S. The summed E-state index contributed by atoms with van der Waals surface area (Å²) in [5.41, 5.74) is 6.88. The van der Waals surface area contributed by atoms with Crippen LogP contribution in [0.25, 0.3) is 0 Å². The minimum atomic E-state index is -0.0808. The van der Waals surface area contributed by atoms with Crippen molar-refractivity contribution in [2.75, 3.05) is 18.2 Å². The van der Waals surface area contributed by atoms with E-state index in [4.69, 9.17) is 4.74 Å². The maximum atomic E-state index is 11.1. The Morgan fingerprint density at radius 2 is 1.96 bits per heavy atom. The summed E-state index contributed by atoms with van der Waals surface area (Å²) in [6, 6.07) is 15.5. The van der Waals surface area contributed by atoms with Gasteiger partial charge in [0.2, 0.25) is 5.91 Å². The lowest BCUT2D eigenvalue weighted by Gasteiger charge is -2.15. The maximum absolute atomic E-state index is 11.1. The zero-order chi connectivity index (χ0) is 18.4. The molecule has 1 amide bonds. The first-order valence-electron chi connectivity index (χ1n) is 8.15. The highest BCUT2D eigenvalue weighted by Crippen LogP contribution is 2.17. The Morgan fingerprint density at radius 3 is 2.54 bits per heavy atom. The highest BCUT2D eigenvalue weighted by Gasteiger charge is 2.13. The lowest BCUT2D eigenvalue weighted by atomic mass is 10.1. The number of carbonyl (C=O) groups excluding carboxylic acids is 1. The van der Waals surface area contributed by atoms with E-state index in [1.54, 1.807) is 18.9 Å². The van der Waals surface area contributed by atoms with E-state index < -0.39 is 0 Å². The van der Waals surface area contributed by atoms with Crippen molar-refractivity contribution in [3.8, 4) is 5.75 Å². The van der Waals surface area contributed by atoms with E-state index >= 15 is 0 Å². The average Bonchev–Trinajstić information content (AvgIpc) is 2.67. The molecule has 6 nitrogen and oxygen atoms in total. The Morgan fingerprint density at radius 1 is 1.23 bits per heavy atom. The van der Waals surface area contributed by atoms with Crippen LogP contribution in [0.5, 0.6) is 5.75 Å². The van der Waals surface area contributed by atoms with Gasteiger partial charge in [0, 0.05) is 18.4 Å². The van der Waals surface area contributed by atoms with Gasteiger partial charge >= 0.3 is 0 Å². The number of nitrogens with one attached hydrogen (secondary N) is 2. The number of rotatable bonds is 5. The van der Waals surface area contributed by atoms with E-state index in [-0.39, 0.29) is 5.91 Å². The molecule has 1 aliphatic heterocycles. The van der Waals surface area contributed by atoms with Crippen molar-refractivity contribution in [3.05, 3.63) is 59.7 Å². The number of ether oxygens (including phenoxy) is 1. The Labute approximate surface area is 156 Å². The number of hydrogen-bond acceptors (Lipinski definition) is 5. The van der Waals surface area contributed by atoms with E-state index in [0.29, 0.717) is 6.54 Å². The normalized spacial score (nSPS) is 15.2. The number of thioether (sulfide) groups is 1. The molecule has 0 unspecified atom stereocenters. The fourth-order valence-corrected chi connectivity index (χ4v) is 3.16. The molecule has 0 aromatic heterocycles. The van der Waals surface area contributed by atoms with Crippen molar-refractivity contribution < 1.29 is 9.53 Å². The van der Waals surface area contributed by atoms with Crippen LogP contribution in [0.2, 0.25) is 0 Å². The van der Waals surface area contributed by atoms with Gasteiger partial charge in [-0.05, 0) is 35.4 Å². The van der Waals surface area contributed by atoms with Crippen molar-refractivity contribution >= 4 is 34.2 Å². The molecule has 1 heterocycles. The molecule has 0 saturated heterocycles. The van der Waals surface area contributed by atoms with E-state index in [0.717, 1.165) is 39.2 Å². The molecule has 134 valence electrons. The summed E-state index contributed by atoms with van der Waals surface area (Å²) in [6.45, 7) is 2.09. The van der Waals surface area contributed by atoms with Crippen LogP contribution in [0.1, 0.15) is 18.1 Å². The molecule has 0 bridgehead atoms. The fourth-order valence-electron chi connectivity index (χ4n) is 2.39. The SMILES string of the molecule is COc1ccc(CN=C2NN=C(c3ccc(NC(C)=O)cc3)CS2)cc1. The molecule has 0 atom stereocenters. The van der Waals surface area contributed by atoms with Crippen LogP contribution in [0.4, 0.5) is 5.69 Å². The number of amides is 1. The van der Waals surface area contributed by atoms with Gasteiger partial charge < -0.3 is 10.1 Å². The van der Waals surface area contributed by atoms with Gasteiger partial charge in [0.15, 0.2) is 5.17 Å². The molecule has 0 aliphatic carbocycles. The monoisotopic (exact) mass is 368 g/mol. The fraction of sp³-hybridized carbons (Fsp3) is 0.211. The number of amidine groups is 1.